The Morgan fingerprint density at radius 1 is 1.16 bits per heavy atom. The second kappa shape index (κ2) is 6.00. The number of hydrogen-bond donors (Lipinski definition) is 1. The molecule has 2 heterocycles. The van der Waals surface area contributed by atoms with Gasteiger partial charge in [-0.1, -0.05) is 72.5 Å². The molecule has 1 aromatic heterocycles. The summed E-state index contributed by atoms with van der Waals surface area (Å²) in [5.74, 6) is 0. The van der Waals surface area contributed by atoms with Crippen LogP contribution in [0.5, 0.6) is 0 Å². The number of aliphatic imine (C=N–C) groups is 1. The van der Waals surface area contributed by atoms with Gasteiger partial charge in [-0.2, -0.15) is 0 Å². The molecule has 5 rings (SSSR count). The molecular formula is C20H17N3S2. The first-order chi connectivity index (χ1) is 12.3. The van der Waals surface area contributed by atoms with Crippen molar-refractivity contribution in [3.8, 4) is 11.3 Å². The molecule has 2 aliphatic carbocycles. The van der Waals surface area contributed by atoms with Gasteiger partial charge in [-0.15, -0.1) is 11.3 Å². The molecule has 0 spiro atoms. The number of thioether (sulfide) groups is 1. The number of nitrogens with one attached hydrogen (secondary N) is 1. The number of thiazole rings is 1. The molecule has 0 radical (unpaired) electrons. The summed E-state index contributed by atoms with van der Waals surface area (Å²) in [6.45, 7) is 0. The van der Waals surface area contributed by atoms with Gasteiger partial charge in [0.25, 0.3) is 0 Å². The molecule has 3 nitrogen and oxygen atoms in total. The molecular weight excluding hydrogens is 346 g/mol. The Kier molecular flexibility index (Phi) is 3.64. The second-order valence-corrected chi connectivity index (χ2v) is 8.42. The van der Waals surface area contributed by atoms with Gasteiger partial charge in [0.1, 0.15) is 5.54 Å². The first kappa shape index (κ1) is 15.2. The highest BCUT2D eigenvalue weighted by atomic mass is 32.2. The summed E-state index contributed by atoms with van der Waals surface area (Å²) < 4.78 is 0. The Bertz CT molecular complexity index is 923. The fourth-order valence-electron chi connectivity index (χ4n) is 3.28. The van der Waals surface area contributed by atoms with E-state index in [1.807, 2.05) is 30.0 Å². The van der Waals surface area contributed by atoms with Crippen LogP contribution in [0.15, 0.2) is 76.7 Å². The minimum absolute atomic E-state index is 0.0162. The van der Waals surface area contributed by atoms with Gasteiger partial charge < -0.3 is 5.32 Å². The zero-order valence-corrected chi connectivity index (χ0v) is 15.2. The van der Waals surface area contributed by atoms with E-state index in [0.29, 0.717) is 5.25 Å². The van der Waals surface area contributed by atoms with E-state index in [1.165, 1.54) is 5.57 Å². The van der Waals surface area contributed by atoms with Crippen LogP contribution in [0.1, 0.15) is 12.8 Å². The number of nitrogens with zero attached hydrogens (tertiary/aromatic N) is 2. The van der Waals surface area contributed by atoms with Gasteiger partial charge in [-0.25, -0.2) is 9.98 Å². The number of benzene rings is 1. The van der Waals surface area contributed by atoms with E-state index >= 15 is 0 Å². The molecule has 124 valence electrons. The Hall–Kier alpha value is -2.11. The van der Waals surface area contributed by atoms with E-state index < -0.39 is 0 Å². The maximum absolute atomic E-state index is 5.02. The third-order valence-corrected chi connectivity index (χ3v) is 6.71. The molecule has 3 aliphatic rings. The molecule has 2 aromatic rings. The Labute approximate surface area is 155 Å². The highest BCUT2D eigenvalue weighted by molar-refractivity contribution is 8.15. The van der Waals surface area contributed by atoms with Crippen molar-refractivity contribution in [3.63, 3.8) is 0 Å². The van der Waals surface area contributed by atoms with Crippen molar-refractivity contribution in [2.24, 2.45) is 4.99 Å². The van der Waals surface area contributed by atoms with Crippen molar-refractivity contribution in [2.75, 3.05) is 5.32 Å². The maximum Gasteiger partial charge on any atom is 0.189 e. The fourth-order valence-corrected chi connectivity index (χ4v) is 5.43. The smallest absolute Gasteiger partial charge is 0.189 e. The Morgan fingerprint density at radius 2 is 2.08 bits per heavy atom. The summed E-state index contributed by atoms with van der Waals surface area (Å²) in [6, 6.07) is 10.3. The molecule has 1 saturated carbocycles. The number of allylic oxidation sites excluding steroid dienone is 4. The lowest BCUT2D eigenvalue weighted by Crippen LogP contribution is -2.11. The van der Waals surface area contributed by atoms with Crippen LogP contribution in [0, 0.1) is 0 Å². The average Bonchev–Trinajstić information content (AvgIpc) is 3.09. The molecule has 0 saturated heterocycles. The second-order valence-electron chi connectivity index (χ2n) is 6.37. The van der Waals surface area contributed by atoms with Crippen LogP contribution in [0.3, 0.4) is 0 Å². The zero-order valence-electron chi connectivity index (χ0n) is 13.6. The summed E-state index contributed by atoms with van der Waals surface area (Å²) in [7, 11) is 0. The predicted molar refractivity (Wildman–Crippen MR) is 108 cm³/mol. The predicted octanol–water partition coefficient (Wildman–Crippen LogP) is 5.28. The van der Waals surface area contributed by atoms with Crippen molar-refractivity contribution >= 4 is 33.4 Å². The van der Waals surface area contributed by atoms with Gasteiger partial charge in [0.2, 0.25) is 0 Å². The van der Waals surface area contributed by atoms with E-state index in [2.05, 4.69) is 53.2 Å². The third-order valence-electron chi connectivity index (χ3n) is 4.69. The molecule has 2 atom stereocenters. The summed E-state index contributed by atoms with van der Waals surface area (Å²) in [5.41, 5.74) is 3.47. The van der Waals surface area contributed by atoms with Crippen LogP contribution in [0.4, 0.5) is 5.13 Å². The lowest BCUT2D eigenvalue weighted by molar-refractivity contribution is 0.832. The van der Waals surface area contributed by atoms with Gasteiger partial charge in [-0.3, -0.25) is 0 Å². The van der Waals surface area contributed by atoms with Crippen LogP contribution in [-0.4, -0.2) is 20.9 Å². The molecule has 0 amide bonds. The molecule has 5 heteroatoms. The Balaban J connectivity index is 1.35. The molecule has 1 aliphatic heterocycles. The Morgan fingerprint density at radius 3 is 3.00 bits per heavy atom. The van der Waals surface area contributed by atoms with Gasteiger partial charge in [0, 0.05) is 16.2 Å². The minimum Gasteiger partial charge on any atom is -0.311 e. The van der Waals surface area contributed by atoms with Crippen molar-refractivity contribution in [1.29, 1.82) is 0 Å². The number of amidine groups is 1. The van der Waals surface area contributed by atoms with Gasteiger partial charge >= 0.3 is 0 Å². The maximum atomic E-state index is 5.02. The largest absolute Gasteiger partial charge is 0.311 e. The summed E-state index contributed by atoms with van der Waals surface area (Å²) in [4.78, 5) is 9.73. The molecule has 2 unspecified atom stereocenters. The lowest BCUT2D eigenvalue weighted by Gasteiger charge is -2.09. The topological polar surface area (TPSA) is 37.3 Å². The van der Waals surface area contributed by atoms with Crippen molar-refractivity contribution in [1.82, 2.24) is 4.98 Å². The third kappa shape index (κ3) is 2.77. The van der Waals surface area contributed by atoms with Gasteiger partial charge in [0.15, 0.2) is 10.3 Å². The standard InChI is InChI=1S/C20H17N3S2/c1-2-7-11-15(10-6-1)20-12-17(20)25-19(23-20)22-18-21-16(13-24-18)14-8-4-3-5-9-14/h1,3-11,13,17H,2,12H2,(H,21,22,23). The zero-order chi connectivity index (χ0) is 16.7. The first-order valence-electron chi connectivity index (χ1n) is 8.42. The molecule has 1 N–H and O–H groups in total. The molecule has 25 heavy (non-hydrogen) atoms. The van der Waals surface area contributed by atoms with Crippen molar-refractivity contribution < 1.29 is 0 Å². The summed E-state index contributed by atoms with van der Waals surface area (Å²) >= 11 is 3.47. The summed E-state index contributed by atoms with van der Waals surface area (Å²) in [5, 5.41) is 7.98. The first-order valence-corrected chi connectivity index (χ1v) is 10.2. The summed E-state index contributed by atoms with van der Waals surface area (Å²) in [6.07, 6.45) is 13.2. The van der Waals surface area contributed by atoms with Crippen molar-refractivity contribution in [3.05, 3.63) is 71.7 Å². The van der Waals surface area contributed by atoms with E-state index in [0.717, 1.165) is 34.4 Å². The lowest BCUT2D eigenvalue weighted by atomic mass is 10.1. The highest BCUT2D eigenvalue weighted by Gasteiger charge is 2.61. The number of hydrogen-bond acceptors (Lipinski definition) is 5. The SMILES string of the molecule is C1=CCC=CC(C23CC2SC(Nc2nc(-c4ccccc4)cs2)=N3)=C1. The number of fused-ring (bicyclic) bond motifs is 1. The van der Waals surface area contributed by atoms with Crippen LogP contribution in [0.2, 0.25) is 0 Å². The highest BCUT2D eigenvalue weighted by Crippen LogP contribution is 2.59. The number of aromatic nitrogens is 1. The van der Waals surface area contributed by atoms with E-state index in [1.54, 1.807) is 11.3 Å². The average molecular weight is 364 g/mol. The number of anilines is 1. The van der Waals surface area contributed by atoms with Crippen LogP contribution < -0.4 is 5.32 Å². The van der Waals surface area contributed by atoms with E-state index in [-0.39, 0.29) is 5.54 Å². The van der Waals surface area contributed by atoms with Crippen molar-refractivity contribution in [2.45, 2.75) is 23.6 Å². The van der Waals surface area contributed by atoms with Gasteiger partial charge in [0.05, 0.1) is 5.69 Å². The van der Waals surface area contributed by atoms with E-state index in [9.17, 15) is 0 Å². The quantitative estimate of drug-likeness (QED) is 0.806. The normalized spacial score (nSPS) is 26.6. The fraction of sp³-hybridized carbons (Fsp3) is 0.200. The van der Waals surface area contributed by atoms with Gasteiger partial charge in [-0.05, 0) is 18.4 Å². The minimum atomic E-state index is -0.0162. The van der Waals surface area contributed by atoms with Crippen LogP contribution in [-0.2, 0) is 0 Å². The van der Waals surface area contributed by atoms with E-state index in [4.69, 9.17) is 9.98 Å². The van der Waals surface area contributed by atoms with Crippen LogP contribution in [0.25, 0.3) is 11.3 Å². The molecule has 1 fully saturated rings. The molecule has 1 aromatic carbocycles. The molecule has 0 bridgehead atoms. The number of rotatable bonds is 3. The van der Waals surface area contributed by atoms with Crippen LogP contribution >= 0.6 is 23.1 Å². The monoisotopic (exact) mass is 363 g/mol.